The Kier molecular flexibility index (Phi) is 3.02. The van der Waals surface area contributed by atoms with Crippen LogP contribution in [0.4, 0.5) is 13.2 Å². The van der Waals surface area contributed by atoms with Crippen LogP contribution in [0.25, 0.3) is 11.1 Å². The molecule has 0 radical (unpaired) electrons. The first-order valence-corrected chi connectivity index (χ1v) is 4.95. The van der Waals surface area contributed by atoms with E-state index in [1.165, 1.54) is 30.9 Å². The molecule has 2 nitrogen and oxygen atoms in total. The molecule has 1 aromatic heterocycles. The maximum atomic E-state index is 12.9. The van der Waals surface area contributed by atoms with Crippen LogP contribution in [0.3, 0.4) is 0 Å². The second kappa shape index (κ2) is 4.49. The Morgan fingerprint density at radius 1 is 1.11 bits per heavy atom. The topological polar surface area (TPSA) is 25.8 Å². The highest BCUT2D eigenvalue weighted by Crippen LogP contribution is 2.37. The van der Waals surface area contributed by atoms with E-state index in [9.17, 15) is 13.2 Å². The van der Waals surface area contributed by atoms with Gasteiger partial charge in [-0.2, -0.15) is 13.2 Å². The third kappa shape index (κ3) is 2.33. The van der Waals surface area contributed by atoms with Crippen molar-refractivity contribution >= 4 is 0 Å². The molecule has 0 spiro atoms. The van der Waals surface area contributed by atoms with Crippen LogP contribution in [-0.4, -0.2) is 9.97 Å². The van der Waals surface area contributed by atoms with Crippen molar-refractivity contribution in [1.82, 2.24) is 9.97 Å². The molecule has 5 heteroatoms. The number of hydrogen-bond donors (Lipinski definition) is 0. The monoisotopic (exact) mass is 248 g/mol. The average molecular weight is 248 g/mol. The first-order valence-electron chi connectivity index (χ1n) is 4.95. The molecule has 18 heavy (non-hydrogen) atoms. The quantitative estimate of drug-likeness (QED) is 0.724. The molecule has 0 aliphatic heterocycles. The Bertz CT molecular complexity index is 598. The van der Waals surface area contributed by atoms with Crippen LogP contribution >= 0.6 is 0 Å². The molecule has 0 amide bonds. The number of halogens is 3. The molecular weight excluding hydrogens is 241 g/mol. The van der Waals surface area contributed by atoms with Crippen molar-refractivity contribution in [2.45, 2.75) is 6.18 Å². The van der Waals surface area contributed by atoms with Gasteiger partial charge in [-0.1, -0.05) is 5.92 Å². The Morgan fingerprint density at radius 3 is 2.33 bits per heavy atom. The summed E-state index contributed by atoms with van der Waals surface area (Å²) in [5, 5.41) is 0. The molecule has 0 fully saturated rings. The highest BCUT2D eigenvalue weighted by Gasteiger charge is 2.33. The van der Waals surface area contributed by atoms with Crippen molar-refractivity contribution in [1.29, 1.82) is 0 Å². The van der Waals surface area contributed by atoms with E-state index in [4.69, 9.17) is 6.42 Å². The van der Waals surface area contributed by atoms with E-state index < -0.39 is 11.7 Å². The maximum Gasteiger partial charge on any atom is 0.417 e. The second-order valence-electron chi connectivity index (χ2n) is 3.53. The zero-order valence-electron chi connectivity index (χ0n) is 9.07. The van der Waals surface area contributed by atoms with Crippen LogP contribution in [0.2, 0.25) is 0 Å². The number of terminal acetylenes is 1. The molecule has 0 saturated carbocycles. The summed E-state index contributed by atoms with van der Waals surface area (Å²) >= 11 is 0. The number of rotatable bonds is 1. The van der Waals surface area contributed by atoms with Gasteiger partial charge in [0, 0.05) is 23.5 Å². The van der Waals surface area contributed by atoms with E-state index in [2.05, 4.69) is 15.9 Å². The smallest absolute Gasteiger partial charge is 0.244 e. The van der Waals surface area contributed by atoms with Gasteiger partial charge in [-0.3, -0.25) is 0 Å². The largest absolute Gasteiger partial charge is 0.417 e. The molecule has 1 heterocycles. The normalized spacial score (nSPS) is 11.0. The number of aromatic nitrogens is 2. The number of hydrogen-bond acceptors (Lipinski definition) is 2. The Labute approximate surface area is 102 Å². The zero-order valence-corrected chi connectivity index (χ0v) is 9.07. The standard InChI is InChI=1S/C13H7F3N2/c1-2-9-3-4-12(13(14,15)16)11(5-9)10-6-17-8-18-7-10/h1,3-8H. The van der Waals surface area contributed by atoms with Crippen molar-refractivity contribution in [2.24, 2.45) is 0 Å². The van der Waals surface area contributed by atoms with E-state index in [0.717, 1.165) is 6.07 Å². The SMILES string of the molecule is C#Cc1ccc(C(F)(F)F)c(-c2cncnc2)c1. The molecule has 0 aliphatic carbocycles. The predicted molar refractivity (Wildman–Crippen MR) is 60.4 cm³/mol. The Morgan fingerprint density at radius 2 is 1.78 bits per heavy atom. The lowest BCUT2D eigenvalue weighted by molar-refractivity contribution is -0.137. The molecule has 1 aromatic carbocycles. The van der Waals surface area contributed by atoms with Gasteiger partial charge in [0.2, 0.25) is 0 Å². The fourth-order valence-electron chi connectivity index (χ4n) is 1.56. The summed E-state index contributed by atoms with van der Waals surface area (Å²) in [7, 11) is 0. The molecule has 2 rings (SSSR count). The van der Waals surface area contributed by atoms with Crippen molar-refractivity contribution in [2.75, 3.05) is 0 Å². The van der Waals surface area contributed by atoms with Crippen LogP contribution in [0.15, 0.2) is 36.9 Å². The molecule has 0 unspecified atom stereocenters. The first kappa shape index (κ1) is 12.1. The van der Waals surface area contributed by atoms with E-state index in [-0.39, 0.29) is 11.1 Å². The van der Waals surface area contributed by atoms with E-state index in [0.29, 0.717) is 5.56 Å². The minimum Gasteiger partial charge on any atom is -0.244 e. The highest BCUT2D eigenvalue weighted by atomic mass is 19.4. The first-order chi connectivity index (χ1) is 8.52. The summed E-state index contributed by atoms with van der Waals surface area (Å²) in [5.74, 6) is 2.31. The van der Waals surface area contributed by atoms with Gasteiger partial charge in [-0.05, 0) is 23.8 Å². The third-order valence-corrected chi connectivity index (χ3v) is 2.36. The van der Waals surface area contributed by atoms with Gasteiger partial charge in [0.1, 0.15) is 6.33 Å². The molecule has 0 atom stereocenters. The van der Waals surface area contributed by atoms with Gasteiger partial charge in [0.05, 0.1) is 5.56 Å². The molecular formula is C13H7F3N2. The molecule has 0 aliphatic rings. The third-order valence-electron chi connectivity index (χ3n) is 2.36. The Hall–Kier alpha value is -2.35. The van der Waals surface area contributed by atoms with Gasteiger partial charge in [0.15, 0.2) is 0 Å². The van der Waals surface area contributed by atoms with Gasteiger partial charge in [-0.25, -0.2) is 9.97 Å². The highest BCUT2D eigenvalue weighted by molar-refractivity contribution is 5.68. The lowest BCUT2D eigenvalue weighted by Crippen LogP contribution is -2.07. The van der Waals surface area contributed by atoms with E-state index in [1.54, 1.807) is 0 Å². The summed E-state index contributed by atoms with van der Waals surface area (Å²) in [4.78, 5) is 7.42. The van der Waals surface area contributed by atoms with Crippen LogP contribution in [-0.2, 0) is 6.18 Å². The molecule has 2 aromatic rings. The lowest BCUT2D eigenvalue weighted by atomic mass is 9.99. The summed E-state index contributed by atoms with van der Waals surface area (Å²) in [6.07, 6.45) is 4.63. The summed E-state index contributed by atoms with van der Waals surface area (Å²) in [5.41, 5.74) is -0.112. The van der Waals surface area contributed by atoms with Gasteiger partial charge >= 0.3 is 6.18 Å². The van der Waals surface area contributed by atoms with Crippen LogP contribution in [0.5, 0.6) is 0 Å². The van der Waals surface area contributed by atoms with Crippen molar-refractivity contribution in [3.05, 3.63) is 48.0 Å². The van der Waals surface area contributed by atoms with Gasteiger partial charge < -0.3 is 0 Å². The fourth-order valence-corrected chi connectivity index (χ4v) is 1.56. The van der Waals surface area contributed by atoms with Crippen LogP contribution in [0, 0.1) is 12.3 Å². The van der Waals surface area contributed by atoms with Gasteiger partial charge in [-0.15, -0.1) is 6.42 Å². The molecule has 0 bridgehead atoms. The van der Waals surface area contributed by atoms with Crippen molar-refractivity contribution in [3.8, 4) is 23.5 Å². The van der Waals surface area contributed by atoms with E-state index in [1.807, 2.05) is 0 Å². The number of alkyl halides is 3. The second-order valence-corrected chi connectivity index (χ2v) is 3.53. The fraction of sp³-hybridized carbons (Fsp3) is 0.0769. The molecule has 0 N–H and O–H groups in total. The molecule has 0 saturated heterocycles. The maximum absolute atomic E-state index is 12.9. The lowest BCUT2D eigenvalue weighted by Gasteiger charge is -2.12. The average Bonchev–Trinajstić information content (AvgIpc) is 2.38. The minimum atomic E-state index is -4.45. The summed E-state index contributed by atoms with van der Waals surface area (Å²) in [6, 6.07) is 3.54. The molecule has 90 valence electrons. The van der Waals surface area contributed by atoms with Crippen molar-refractivity contribution in [3.63, 3.8) is 0 Å². The summed E-state index contributed by atoms with van der Waals surface area (Å²) < 4.78 is 38.6. The predicted octanol–water partition coefficient (Wildman–Crippen LogP) is 3.14. The van der Waals surface area contributed by atoms with Crippen molar-refractivity contribution < 1.29 is 13.2 Å². The number of benzene rings is 1. The van der Waals surface area contributed by atoms with Crippen LogP contribution in [0.1, 0.15) is 11.1 Å². The number of nitrogens with zero attached hydrogens (tertiary/aromatic N) is 2. The van der Waals surface area contributed by atoms with Gasteiger partial charge in [0.25, 0.3) is 0 Å². The minimum absolute atomic E-state index is 0.0152. The zero-order chi connectivity index (χ0) is 13.2. The summed E-state index contributed by atoms with van der Waals surface area (Å²) in [6.45, 7) is 0. The van der Waals surface area contributed by atoms with Crippen LogP contribution < -0.4 is 0 Å². The van der Waals surface area contributed by atoms with E-state index >= 15 is 0 Å². The Balaban J connectivity index is 2.67.